The van der Waals surface area contributed by atoms with Crippen LogP contribution in [0.4, 0.5) is 11.4 Å². The van der Waals surface area contributed by atoms with Gasteiger partial charge in [0.25, 0.3) is 60.1 Å². The predicted octanol–water partition coefficient (Wildman–Crippen LogP) is 7.60. The van der Waals surface area contributed by atoms with E-state index in [9.17, 15) is 50.5 Å². The van der Waals surface area contributed by atoms with Crippen LogP contribution in [0.15, 0.2) is 199 Å². The van der Waals surface area contributed by atoms with Crippen LogP contribution in [-0.4, -0.2) is 60.8 Å². The molecule has 0 N–H and O–H groups in total. The van der Waals surface area contributed by atoms with Crippen molar-refractivity contribution in [1.82, 2.24) is 3.71 Å². The highest BCUT2D eigenvalue weighted by Crippen LogP contribution is 2.35. The molecule has 21 heteroatoms. The van der Waals surface area contributed by atoms with Gasteiger partial charge >= 0.3 is 0 Å². The third-order valence-electron chi connectivity index (χ3n) is 9.96. The molecule has 0 saturated heterocycles. The van der Waals surface area contributed by atoms with Gasteiger partial charge in [0.2, 0.25) is 0 Å². The lowest BCUT2D eigenvalue weighted by Crippen LogP contribution is -2.38. The smallest absolute Gasteiger partial charge is 0.206 e. The van der Waals surface area contributed by atoms with E-state index < -0.39 is 87.9 Å². The molecule has 0 aliphatic heterocycles. The molecule has 0 bridgehead atoms. The number of sulfonamides is 6. The SMILES string of the molecule is CCCCCCCCN(S(=O)(=O)c1ccc(N(S(=O)(=O)c2ccccc2)S(=O)(=O)c2ccccc2)cc1)S(=O)(=O)c1ccc(N(S(=O)(=O)c2ccccc2)S(=O)(=O)c2ccccc2)cc1. The first-order valence-corrected chi connectivity index (χ1v) is 28.7. The quantitative estimate of drug-likeness (QED) is 0.0638. The fourth-order valence-electron chi connectivity index (χ4n) is 6.67. The Morgan fingerprint density at radius 3 is 0.815 bits per heavy atom. The van der Waals surface area contributed by atoms with Crippen molar-refractivity contribution in [3.63, 3.8) is 0 Å². The van der Waals surface area contributed by atoms with Crippen molar-refractivity contribution in [3.8, 4) is 0 Å². The summed E-state index contributed by atoms with van der Waals surface area (Å²) in [4.78, 5) is -2.77. The molecule has 0 heterocycles. The maximum absolute atomic E-state index is 14.5. The van der Waals surface area contributed by atoms with Crippen LogP contribution in [0.1, 0.15) is 45.4 Å². The third kappa shape index (κ3) is 10.4. The van der Waals surface area contributed by atoms with E-state index in [0.717, 1.165) is 67.8 Å². The van der Waals surface area contributed by atoms with Gasteiger partial charge in [-0.1, -0.05) is 116 Å². The summed E-state index contributed by atoms with van der Waals surface area (Å²) in [6.07, 6.45) is 3.87. The lowest BCUT2D eigenvalue weighted by Gasteiger charge is -2.26. The van der Waals surface area contributed by atoms with Crippen molar-refractivity contribution < 1.29 is 50.5 Å². The highest BCUT2D eigenvalue weighted by atomic mass is 32.3. The molecule has 15 nitrogen and oxygen atoms in total. The first kappa shape index (κ1) is 49.0. The van der Waals surface area contributed by atoms with Crippen LogP contribution >= 0.6 is 0 Å². The minimum absolute atomic E-state index is 0.0924. The molecular weight excluding hydrogens is 955 g/mol. The highest BCUT2D eigenvalue weighted by molar-refractivity contribution is 8.11. The van der Waals surface area contributed by atoms with E-state index in [1.807, 2.05) is 6.92 Å². The van der Waals surface area contributed by atoms with Gasteiger partial charge in [-0.2, -0.15) is 7.42 Å². The average molecular weight is 1000 g/mol. The first-order valence-electron chi connectivity index (χ1n) is 20.1. The van der Waals surface area contributed by atoms with Gasteiger partial charge in [-0.3, -0.25) is 0 Å². The molecule has 0 aromatic heterocycles. The standard InChI is InChI=1S/C44H45N3O12S6/c1-2-3-4-5-6-19-36-45(60(48,49)43-32-28-37(29-33-43)46(62(52,53)39-20-11-7-12-21-39)63(54,55)40-22-13-8-14-23-40)61(50,51)44-34-30-38(31-35-44)47(64(56,57)41-24-15-9-16-25-41)65(58,59)42-26-17-10-18-27-42/h7-18,20-35H,2-6,19,36H2,1H3. The molecule has 0 amide bonds. The third-order valence-corrected chi connectivity index (χ3v) is 22.7. The molecule has 0 spiro atoms. The van der Waals surface area contributed by atoms with Gasteiger partial charge in [0.15, 0.2) is 0 Å². The van der Waals surface area contributed by atoms with E-state index in [1.165, 1.54) is 121 Å². The van der Waals surface area contributed by atoms with Gasteiger partial charge in [-0.25, -0.2) is 50.5 Å². The van der Waals surface area contributed by atoms with Crippen molar-refractivity contribution in [2.24, 2.45) is 0 Å². The molecule has 6 aromatic rings. The van der Waals surface area contributed by atoms with Crippen molar-refractivity contribution in [2.75, 3.05) is 14.0 Å². The molecule has 0 saturated carbocycles. The number of unbranched alkanes of at least 4 members (excludes halogenated alkanes) is 5. The predicted molar refractivity (Wildman–Crippen MR) is 247 cm³/mol. The summed E-state index contributed by atoms with van der Waals surface area (Å²) in [7, 11) is -29.5. The Morgan fingerprint density at radius 1 is 0.292 bits per heavy atom. The van der Waals surface area contributed by atoms with Gasteiger partial charge < -0.3 is 0 Å². The Labute approximate surface area is 381 Å². The summed E-state index contributed by atoms with van der Waals surface area (Å²) >= 11 is 0. The highest BCUT2D eigenvalue weighted by Gasteiger charge is 2.41. The Morgan fingerprint density at radius 2 is 0.538 bits per heavy atom. The number of anilines is 2. The zero-order valence-corrected chi connectivity index (χ0v) is 39.7. The Kier molecular flexibility index (Phi) is 15.1. The van der Waals surface area contributed by atoms with Crippen LogP contribution in [0.2, 0.25) is 0 Å². The second kappa shape index (κ2) is 20.0. The average Bonchev–Trinajstić information content (AvgIpc) is 3.30. The Bertz CT molecular complexity index is 2900. The van der Waals surface area contributed by atoms with Gasteiger partial charge in [-0.05, 0) is 103 Å². The van der Waals surface area contributed by atoms with Crippen molar-refractivity contribution in [3.05, 3.63) is 170 Å². The van der Waals surface area contributed by atoms with Crippen LogP contribution < -0.4 is 7.42 Å². The maximum atomic E-state index is 14.5. The minimum Gasteiger partial charge on any atom is -0.206 e. The minimum atomic E-state index is -5.04. The molecule has 0 fully saturated rings. The van der Waals surface area contributed by atoms with E-state index in [-0.39, 0.29) is 37.1 Å². The molecule has 344 valence electrons. The molecular formula is C44H45N3O12S6. The Balaban J connectivity index is 1.42. The summed E-state index contributed by atoms with van der Waals surface area (Å²) < 4.78 is 171. The largest absolute Gasteiger partial charge is 0.277 e. The number of rotatable bonds is 21. The normalized spacial score (nSPS) is 12.8. The number of hydrogen-bond acceptors (Lipinski definition) is 12. The number of nitrogens with zero attached hydrogens (tertiary/aromatic N) is 3. The van der Waals surface area contributed by atoms with E-state index >= 15 is 0 Å². The lowest BCUT2D eigenvalue weighted by atomic mass is 10.1. The summed E-state index contributed by atoms with van der Waals surface area (Å²) in [6, 6.07) is 34.2. The first-order chi connectivity index (χ1) is 30.8. The van der Waals surface area contributed by atoms with Crippen LogP contribution in [0.3, 0.4) is 0 Å². The number of benzene rings is 6. The molecule has 0 unspecified atom stereocenters. The van der Waals surface area contributed by atoms with Gasteiger partial charge in [-0.15, -0.1) is 0 Å². The molecule has 0 radical (unpaired) electrons. The molecule has 0 atom stereocenters. The monoisotopic (exact) mass is 999 g/mol. The molecule has 6 aromatic carbocycles. The molecule has 6 rings (SSSR count). The fraction of sp³-hybridized carbons (Fsp3) is 0.182. The van der Waals surface area contributed by atoms with Crippen LogP contribution in [0, 0.1) is 0 Å². The Hall–Kier alpha value is -5.42. The van der Waals surface area contributed by atoms with Gasteiger partial charge in [0.1, 0.15) is 0 Å². The topological polar surface area (TPSA) is 215 Å². The van der Waals surface area contributed by atoms with E-state index in [1.54, 1.807) is 0 Å². The number of hydrogen-bond donors (Lipinski definition) is 0. The van der Waals surface area contributed by atoms with E-state index in [4.69, 9.17) is 0 Å². The van der Waals surface area contributed by atoms with Crippen molar-refractivity contribution in [1.29, 1.82) is 0 Å². The van der Waals surface area contributed by atoms with Gasteiger partial charge in [0.05, 0.1) is 40.7 Å². The van der Waals surface area contributed by atoms with Crippen LogP contribution in [0.25, 0.3) is 0 Å². The summed E-state index contributed by atoms with van der Waals surface area (Å²) in [6.45, 7) is 1.46. The second-order valence-electron chi connectivity index (χ2n) is 14.4. The van der Waals surface area contributed by atoms with E-state index in [2.05, 4.69) is 0 Å². The summed E-state index contributed by atoms with van der Waals surface area (Å²) in [5.41, 5.74) is -0.948. The zero-order valence-electron chi connectivity index (χ0n) is 34.8. The van der Waals surface area contributed by atoms with Crippen molar-refractivity contribution in [2.45, 2.75) is 74.8 Å². The molecule has 65 heavy (non-hydrogen) atoms. The van der Waals surface area contributed by atoms with Crippen LogP contribution in [-0.2, 0) is 60.1 Å². The van der Waals surface area contributed by atoms with Crippen LogP contribution in [0.5, 0.6) is 0 Å². The zero-order chi connectivity index (χ0) is 47.1. The maximum Gasteiger partial charge on any atom is 0.277 e. The van der Waals surface area contributed by atoms with Gasteiger partial charge in [0, 0.05) is 6.54 Å². The second-order valence-corrected chi connectivity index (χ2v) is 26.0. The summed E-state index contributed by atoms with van der Waals surface area (Å²) in [5.74, 6) is 0. The lowest BCUT2D eigenvalue weighted by molar-refractivity contribution is 0.479. The fourth-order valence-corrected chi connectivity index (χ4v) is 17.9. The van der Waals surface area contributed by atoms with E-state index in [0.29, 0.717) is 12.8 Å². The molecule has 0 aliphatic carbocycles. The molecule has 0 aliphatic rings. The van der Waals surface area contributed by atoms with Crippen molar-refractivity contribution >= 4 is 71.5 Å². The summed E-state index contributed by atoms with van der Waals surface area (Å²) in [5, 5.41) is 0.